The Morgan fingerprint density at radius 2 is 1.77 bits per heavy atom. The van der Waals surface area contributed by atoms with Crippen molar-refractivity contribution in [1.82, 2.24) is 15.1 Å². The Bertz CT molecular complexity index is 879. The van der Waals surface area contributed by atoms with E-state index in [1.54, 1.807) is 25.1 Å². The molecule has 0 aliphatic rings. The van der Waals surface area contributed by atoms with Gasteiger partial charge in [0, 0.05) is 12.6 Å². The third kappa shape index (κ3) is 3.57. The highest BCUT2D eigenvalue weighted by molar-refractivity contribution is 5.93. The van der Waals surface area contributed by atoms with Gasteiger partial charge in [0.05, 0.1) is 31.1 Å². The second kappa shape index (κ2) is 7.78. The smallest absolute Gasteiger partial charge is 0.255 e. The van der Waals surface area contributed by atoms with Crippen LogP contribution in [0.2, 0.25) is 0 Å². The number of hydrogen-bond donors (Lipinski definition) is 0. The van der Waals surface area contributed by atoms with Crippen molar-refractivity contribution in [3.63, 3.8) is 0 Å². The van der Waals surface area contributed by atoms with Crippen LogP contribution in [-0.2, 0) is 0 Å². The first kappa shape index (κ1) is 17.6. The summed E-state index contributed by atoms with van der Waals surface area (Å²) in [4.78, 5) is 14.3. The number of hydrogen-bond acceptors (Lipinski definition) is 4. The average Bonchev–Trinajstić information content (AvgIpc) is 2.73. The number of rotatable bonds is 5. The zero-order valence-electron chi connectivity index (χ0n) is 15.1. The van der Waals surface area contributed by atoms with Crippen LogP contribution in [0.25, 0.3) is 11.1 Å². The number of carbonyl (C=O) groups is 1. The third-order valence-corrected chi connectivity index (χ3v) is 4.54. The highest BCUT2D eigenvalue weighted by Crippen LogP contribution is 2.31. The molecular weight excluding hydrogens is 326 g/mol. The van der Waals surface area contributed by atoms with Gasteiger partial charge < -0.3 is 9.64 Å². The van der Waals surface area contributed by atoms with E-state index in [0.717, 1.165) is 22.4 Å². The number of benzene rings is 2. The molecule has 1 aromatic heterocycles. The van der Waals surface area contributed by atoms with Crippen molar-refractivity contribution in [1.29, 1.82) is 0 Å². The van der Waals surface area contributed by atoms with Gasteiger partial charge in [0.15, 0.2) is 0 Å². The van der Waals surface area contributed by atoms with Crippen molar-refractivity contribution in [2.45, 2.75) is 13.0 Å². The molecule has 5 heteroatoms. The summed E-state index contributed by atoms with van der Waals surface area (Å²) < 4.78 is 5.43. The lowest BCUT2D eigenvalue weighted by molar-refractivity contribution is 0.0742. The molecule has 26 heavy (non-hydrogen) atoms. The first-order valence-corrected chi connectivity index (χ1v) is 8.39. The molecule has 1 atom stereocenters. The fourth-order valence-electron chi connectivity index (χ4n) is 2.84. The van der Waals surface area contributed by atoms with Gasteiger partial charge in [-0.2, -0.15) is 10.2 Å². The van der Waals surface area contributed by atoms with Gasteiger partial charge in [0.2, 0.25) is 0 Å². The maximum absolute atomic E-state index is 12.6. The largest absolute Gasteiger partial charge is 0.496 e. The van der Waals surface area contributed by atoms with Crippen LogP contribution in [0.15, 0.2) is 67.0 Å². The molecule has 132 valence electrons. The Morgan fingerprint density at radius 3 is 2.42 bits per heavy atom. The molecule has 0 aliphatic heterocycles. The predicted octanol–water partition coefficient (Wildman–Crippen LogP) is 3.99. The molecule has 1 amide bonds. The minimum atomic E-state index is -0.0822. The first-order valence-electron chi connectivity index (χ1n) is 8.39. The van der Waals surface area contributed by atoms with Crippen LogP contribution in [0.5, 0.6) is 5.75 Å². The van der Waals surface area contributed by atoms with E-state index < -0.39 is 0 Å². The second-order valence-corrected chi connectivity index (χ2v) is 6.05. The van der Waals surface area contributed by atoms with E-state index in [1.807, 2.05) is 43.3 Å². The molecule has 0 N–H and O–H groups in total. The molecule has 0 fully saturated rings. The molecule has 3 rings (SSSR count). The SMILES string of the molecule is COc1ccccc1-c1ccc([C@H](C)N(C)C(=O)c2ccnnc2)cc1. The summed E-state index contributed by atoms with van der Waals surface area (Å²) in [5.41, 5.74) is 3.70. The van der Waals surface area contributed by atoms with Gasteiger partial charge >= 0.3 is 0 Å². The van der Waals surface area contributed by atoms with Crippen molar-refractivity contribution in [3.8, 4) is 16.9 Å². The van der Waals surface area contributed by atoms with Gasteiger partial charge in [0.25, 0.3) is 5.91 Å². The summed E-state index contributed by atoms with van der Waals surface area (Å²) >= 11 is 0. The Labute approximate surface area is 153 Å². The van der Waals surface area contributed by atoms with E-state index in [-0.39, 0.29) is 11.9 Å². The lowest BCUT2D eigenvalue weighted by Crippen LogP contribution is -2.29. The summed E-state index contributed by atoms with van der Waals surface area (Å²) in [6.07, 6.45) is 3.00. The average molecular weight is 347 g/mol. The quantitative estimate of drug-likeness (QED) is 0.700. The van der Waals surface area contributed by atoms with E-state index in [0.29, 0.717) is 5.56 Å². The van der Waals surface area contributed by atoms with Gasteiger partial charge in [-0.1, -0.05) is 42.5 Å². The van der Waals surface area contributed by atoms with Gasteiger partial charge in [-0.25, -0.2) is 0 Å². The number of amides is 1. The fourth-order valence-corrected chi connectivity index (χ4v) is 2.84. The molecule has 2 aromatic carbocycles. The van der Waals surface area contributed by atoms with Crippen LogP contribution in [0, 0.1) is 0 Å². The minimum Gasteiger partial charge on any atom is -0.496 e. The molecule has 0 saturated carbocycles. The van der Waals surface area contributed by atoms with Gasteiger partial charge in [0.1, 0.15) is 5.75 Å². The fraction of sp³-hybridized carbons (Fsp3) is 0.190. The summed E-state index contributed by atoms with van der Waals surface area (Å²) in [5.74, 6) is 0.756. The topological polar surface area (TPSA) is 55.3 Å². The Balaban J connectivity index is 1.80. The molecule has 0 saturated heterocycles. The van der Waals surface area contributed by atoms with Crippen LogP contribution in [-0.4, -0.2) is 35.2 Å². The highest BCUT2D eigenvalue weighted by atomic mass is 16.5. The minimum absolute atomic E-state index is 0.0672. The maximum atomic E-state index is 12.6. The first-order chi connectivity index (χ1) is 12.6. The molecule has 1 heterocycles. The molecule has 3 aromatic rings. The van der Waals surface area contributed by atoms with E-state index in [9.17, 15) is 4.79 Å². The van der Waals surface area contributed by atoms with Crippen molar-refractivity contribution in [2.75, 3.05) is 14.2 Å². The number of nitrogens with zero attached hydrogens (tertiary/aromatic N) is 3. The lowest BCUT2D eigenvalue weighted by Gasteiger charge is -2.25. The molecule has 0 unspecified atom stereocenters. The van der Waals surface area contributed by atoms with E-state index >= 15 is 0 Å². The monoisotopic (exact) mass is 347 g/mol. The molecule has 0 bridgehead atoms. The number of aromatic nitrogens is 2. The van der Waals surface area contributed by atoms with Crippen LogP contribution in [0.4, 0.5) is 0 Å². The second-order valence-electron chi connectivity index (χ2n) is 6.05. The summed E-state index contributed by atoms with van der Waals surface area (Å²) in [7, 11) is 3.46. The van der Waals surface area contributed by atoms with Crippen molar-refractivity contribution < 1.29 is 9.53 Å². The third-order valence-electron chi connectivity index (χ3n) is 4.54. The molecule has 0 spiro atoms. The summed E-state index contributed by atoms with van der Waals surface area (Å²) in [5, 5.41) is 7.48. The highest BCUT2D eigenvalue weighted by Gasteiger charge is 2.19. The Morgan fingerprint density at radius 1 is 1.04 bits per heavy atom. The van der Waals surface area contributed by atoms with E-state index in [4.69, 9.17) is 4.74 Å². The van der Waals surface area contributed by atoms with Crippen molar-refractivity contribution in [2.24, 2.45) is 0 Å². The molecular formula is C21H21N3O2. The van der Waals surface area contributed by atoms with Crippen LogP contribution in [0.1, 0.15) is 28.9 Å². The van der Waals surface area contributed by atoms with Crippen molar-refractivity contribution >= 4 is 5.91 Å². The van der Waals surface area contributed by atoms with E-state index in [2.05, 4.69) is 22.3 Å². The number of para-hydroxylation sites is 1. The van der Waals surface area contributed by atoms with Gasteiger partial charge in [-0.15, -0.1) is 0 Å². The summed E-state index contributed by atoms with van der Waals surface area (Å²) in [6, 6.07) is 17.7. The zero-order valence-corrected chi connectivity index (χ0v) is 15.1. The van der Waals surface area contributed by atoms with Gasteiger partial charge in [-0.05, 0) is 30.2 Å². The molecule has 0 aliphatic carbocycles. The zero-order chi connectivity index (χ0) is 18.5. The van der Waals surface area contributed by atoms with Crippen LogP contribution >= 0.6 is 0 Å². The number of ether oxygens (including phenoxy) is 1. The van der Waals surface area contributed by atoms with Crippen LogP contribution < -0.4 is 4.74 Å². The normalized spacial score (nSPS) is 11.7. The summed E-state index contributed by atoms with van der Waals surface area (Å²) in [6.45, 7) is 2.00. The van der Waals surface area contributed by atoms with E-state index in [1.165, 1.54) is 12.4 Å². The lowest BCUT2D eigenvalue weighted by atomic mass is 10.00. The Kier molecular flexibility index (Phi) is 5.27. The standard InChI is InChI=1S/C21H21N3O2/c1-15(24(2)21(25)18-12-13-22-23-14-18)16-8-10-17(11-9-16)19-6-4-5-7-20(19)26-3/h4-15H,1-3H3/t15-/m0/s1. The van der Waals surface area contributed by atoms with Crippen LogP contribution in [0.3, 0.4) is 0 Å². The number of methoxy groups -OCH3 is 1. The van der Waals surface area contributed by atoms with Crippen molar-refractivity contribution in [3.05, 3.63) is 78.1 Å². The van der Waals surface area contributed by atoms with Gasteiger partial charge in [-0.3, -0.25) is 4.79 Å². The molecule has 5 nitrogen and oxygen atoms in total. The number of carbonyl (C=O) groups excluding carboxylic acids is 1. The Hall–Kier alpha value is -3.21. The maximum Gasteiger partial charge on any atom is 0.255 e. The molecule has 0 radical (unpaired) electrons. The predicted molar refractivity (Wildman–Crippen MR) is 101 cm³/mol.